The summed E-state index contributed by atoms with van der Waals surface area (Å²) in [6, 6.07) is 1.93. The number of nitrogens with two attached hydrogens (primary N) is 1. The molecule has 3 N–H and O–H groups in total. The second-order valence-corrected chi connectivity index (χ2v) is 4.08. The Morgan fingerprint density at radius 1 is 1.60 bits per heavy atom. The van der Waals surface area contributed by atoms with Crippen LogP contribution in [0.1, 0.15) is 19.8 Å². The van der Waals surface area contributed by atoms with Gasteiger partial charge in [-0.05, 0) is 24.8 Å². The molecule has 1 aromatic rings. The number of anilines is 2. The number of piperidine rings is 1. The van der Waals surface area contributed by atoms with Crippen LogP contribution >= 0.6 is 0 Å². The molecule has 0 saturated carbocycles. The van der Waals surface area contributed by atoms with Gasteiger partial charge < -0.3 is 4.90 Å². The molecule has 82 valence electrons. The highest BCUT2D eigenvalue weighted by Gasteiger charge is 2.17. The third-order valence-electron chi connectivity index (χ3n) is 2.75. The molecule has 2 rings (SSSR count). The van der Waals surface area contributed by atoms with Gasteiger partial charge in [-0.15, -0.1) is 0 Å². The maximum absolute atomic E-state index is 5.28. The minimum absolute atomic E-state index is 0.478. The molecule has 0 amide bonds. The van der Waals surface area contributed by atoms with Crippen LogP contribution in [-0.4, -0.2) is 23.1 Å². The number of aromatic nitrogens is 2. The zero-order chi connectivity index (χ0) is 10.7. The van der Waals surface area contributed by atoms with Crippen LogP contribution in [0.4, 0.5) is 11.8 Å². The minimum atomic E-state index is 0.478. The molecule has 15 heavy (non-hydrogen) atoms. The van der Waals surface area contributed by atoms with Crippen molar-refractivity contribution in [3.8, 4) is 0 Å². The fourth-order valence-corrected chi connectivity index (χ4v) is 1.99. The lowest BCUT2D eigenvalue weighted by atomic mass is 10.0. The lowest BCUT2D eigenvalue weighted by molar-refractivity contribution is 0.444. The quantitative estimate of drug-likeness (QED) is 0.559. The Labute approximate surface area is 89.7 Å². The molecule has 1 saturated heterocycles. The first kappa shape index (κ1) is 10.2. The highest BCUT2D eigenvalue weighted by molar-refractivity contribution is 5.42. The second kappa shape index (κ2) is 4.44. The first-order valence-corrected chi connectivity index (χ1v) is 5.34. The van der Waals surface area contributed by atoms with Gasteiger partial charge >= 0.3 is 0 Å². The Hall–Kier alpha value is -1.36. The van der Waals surface area contributed by atoms with E-state index in [4.69, 9.17) is 5.84 Å². The highest BCUT2D eigenvalue weighted by Crippen LogP contribution is 2.21. The van der Waals surface area contributed by atoms with Crippen LogP contribution in [0.25, 0.3) is 0 Å². The molecule has 1 fully saturated rings. The van der Waals surface area contributed by atoms with Crippen molar-refractivity contribution >= 4 is 11.8 Å². The summed E-state index contributed by atoms with van der Waals surface area (Å²) in [5.41, 5.74) is 2.47. The SMILES string of the molecule is CC1CCCN(c2ccnc(NN)n2)C1. The zero-order valence-corrected chi connectivity index (χ0v) is 8.98. The molecule has 1 unspecified atom stereocenters. The van der Waals surface area contributed by atoms with E-state index in [0.29, 0.717) is 5.95 Å². The van der Waals surface area contributed by atoms with Crippen LogP contribution in [0.2, 0.25) is 0 Å². The smallest absolute Gasteiger partial charge is 0.239 e. The first-order valence-electron chi connectivity index (χ1n) is 5.34. The van der Waals surface area contributed by atoms with Crippen LogP contribution < -0.4 is 16.2 Å². The molecule has 0 radical (unpaired) electrons. The van der Waals surface area contributed by atoms with Gasteiger partial charge in [-0.25, -0.2) is 10.8 Å². The van der Waals surface area contributed by atoms with Crippen LogP contribution in [0.5, 0.6) is 0 Å². The highest BCUT2D eigenvalue weighted by atomic mass is 15.3. The topological polar surface area (TPSA) is 67.1 Å². The maximum atomic E-state index is 5.28. The van der Waals surface area contributed by atoms with E-state index in [9.17, 15) is 0 Å². The summed E-state index contributed by atoms with van der Waals surface area (Å²) in [5, 5.41) is 0. The fraction of sp³-hybridized carbons (Fsp3) is 0.600. The normalized spacial score (nSPS) is 21.5. The van der Waals surface area contributed by atoms with Crippen molar-refractivity contribution in [1.82, 2.24) is 9.97 Å². The van der Waals surface area contributed by atoms with Gasteiger partial charge in [0.25, 0.3) is 0 Å². The van der Waals surface area contributed by atoms with Crippen molar-refractivity contribution in [3.63, 3.8) is 0 Å². The molecule has 1 aliphatic rings. The van der Waals surface area contributed by atoms with Gasteiger partial charge in [0, 0.05) is 19.3 Å². The van der Waals surface area contributed by atoms with E-state index >= 15 is 0 Å². The average Bonchev–Trinajstić information content (AvgIpc) is 2.29. The summed E-state index contributed by atoms with van der Waals surface area (Å²) in [7, 11) is 0. The Bertz CT molecular complexity index is 327. The Morgan fingerprint density at radius 3 is 3.20 bits per heavy atom. The Balaban J connectivity index is 2.13. The Kier molecular flexibility index (Phi) is 3.01. The van der Waals surface area contributed by atoms with Crippen molar-refractivity contribution in [1.29, 1.82) is 0 Å². The number of hydrogen-bond donors (Lipinski definition) is 2. The van der Waals surface area contributed by atoms with Crippen molar-refractivity contribution < 1.29 is 0 Å². The number of nitrogens with zero attached hydrogens (tertiary/aromatic N) is 3. The molecule has 5 nitrogen and oxygen atoms in total. The van der Waals surface area contributed by atoms with E-state index < -0.39 is 0 Å². The predicted octanol–water partition coefficient (Wildman–Crippen LogP) is 0.999. The lowest BCUT2D eigenvalue weighted by Crippen LogP contribution is -2.35. The third-order valence-corrected chi connectivity index (χ3v) is 2.75. The summed E-state index contributed by atoms with van der Waals surface area (Å²) in [6.45, 7) is 4.42. The summed E-state index contributed by atoms with van der Waals surface area (Å²) < 4.78 is 0. The fourth-order valence-electron chi connectivity index (χ4n) is 1.99. The molecule has 0 aliphatic carbocycles. The summed E-state index contributed by atoms with van der Waals surface area (Å²) >= 11 is 0. The van der Waals surface area contributed by atoms with Crippen molar-refractivity contribution in [2.45, 2.75) is 19.8 Å². The van der Waals surface area contributed by atoms with Gasteiger partial charge in [-0.2, -0.15) is 4.98 Å². The van der Waals surface area contributed by atoms with Crippen molar-refractivity contribution in [2.24, 2.45) is 11.8 Å². The molecule has 2 heterocycles. The van der Waals surface area contributed by atoms with Crippen molar-refractivity contribution in [2.75, 3.05) is 23.4 Å². The molecule has 0 spiro atoms. The molecule has 1 atom stereocenters. The summed E-state index contributed by atoms with van der Waals surface area (Å²) in [6.07, 6.45) is 4.27. The summed E-state index contributed by atoms with van der Waals surface area (Å²) in [4.78, 5) is 10.6. The minimum Gasteiger partial charge on any atom is -0.356 e. The molecule has 0 bridgehead atoms. The number of nitrogen functional groups attached to an aromatic ring is 1. The van der Waals surface area contributed by atoms with E-state index in [1.807, 2.05) is 6.07 Å². The molecular weight excluding hydrogens is 190 g/mol. The molecule has 5 heteroatoms. The molecular formula is C10H17N5. The van der Waals surface area contributed by atoms with E-state index in [2.05, 4.69) is 27.2 Å². The van der Waals surface area contributed by atoms with E-state index in [-0.39, 0.29) is 0 Å². The number of hydrazine groups is 1. The van der Waals surface area contributed by atoms with Gasteiger partial charge in [0.05, 0.1) is 0 Å². The molecule has 1 aliphatic heterocycles. The first-order chi connectivity index (χ1) is 7.29. The molecule has 0 aromatic carbocycles. The van der Waals surface area contributed by atoms with Crippen LogP contribution in [0.15, 0.2) is 12.3 Å². The van der Waals surface area contributed by atoms with E-state index in [0.717, 1.165) is 24.8 Å². The maximum Gasteiger partial charge on any atom is 0.239 e. The number of nitrogens with one attached hydrogen (secondary N) is 1. The van der Waals surface area contributed by atoms with E-state index in [1.165, 1.54) is 12.8 Å². The standard InChI is InChI=1S/C10H17N5/c1-8-3-2-6-15(7-8)9-4-5-12-10(13-9)14-11/h4-5,8H,2-3,6-7,11H2,1H3,(H,12,13,14). The van der Waals surface area contributed by atoms with Crippen LogP contribution in [0.3, 0.4) is 0 Å². The van der Waals surface area contributed by atoms with Crippen LogP contribution in [0, 0.1) is 5.92 Å². The zero-order valence-electron chi connectivity index (χ0n) is 8.98. The van der Waals surface area contributed by atoms with Gasteiger partial charge in [0.1, 0.15) is 5.82 Å². The van der Waals surface area contributed by atoms with Crippen molar-refractivity contribution in [3.05, 3.63) is 12.3 Å². The Morgan fingerprint density at radius 2 is 2.47 bits per heavy atom. The van der Waals surface area contributed by atoms with Gasteiger partial charge in [-0.1, -0.05) is 6.92 Å². The monoisotopic (exact) mass is 207 g/mol. The second-order valence-electron chi connectivity index (χ2n) is 4.08. The predicted molar refractivity (Wildman–Crippen MR) is 60.5 cm³/mol. The lowest BCUT2D eigenvalue weighted by Gasteiger charge is -2.31. The number of rotatable bonds is 2. The number of hydrogen-bond acceptors (Lipinski definition) is 5. The third kappa shape index (κ3) is 2.36. The largest absolute Gasteiger partial charge is 0.356 e. The summed E-state index contributed by atoms with van der Waals surface area (Å²) in [5.74, 6) is 7.46. The van der Waals surface area contributed by atoms with Gasteiger partial charge in [0.15, 0.2) is 0 Å². The average molecular weight is 207 g/mol. The molecule has 1 aromatic heterocycles. The van der Waals surface area contributed by atoms with Gasteiger partial charge in [-0.3, -0.25) is 5.43 Å². The van der Waals surface area contributed by atoms with Crippen LogP contribution in [-0.2, 0) is 0 Å². The van der Waals surface area contributed by atoms with Gasteiger partial charge in [0.2, 0.25) is 5.95 Å². The van der Waals surface area contributed by atoms with E-state index in [1.54, 1.807) is 6.20 Å².